The summed E-state index contributed by atoms with van der Waals surface area (Å²) in [4.78, 5) is 16.3. The van der Waals surface area contributed by atoms with E-state index in [2.05, 4.69) is 15.6 Å². The number of amides is 1. The molecule has 1 unspecified atom stereocenters. The van der Waals surface area contributed by atoms with Crippen molar-refractivity contribution in [3.63, 3.8) is 0 Å². The number of thiazole rings is 1. The van der Waals surface area contributed by atoms with Gasteiger partial charge < -0.3 is 15.4 Å². The number of carbonyl (C=O) groups is 1. The highest BCUT2D eigenvalue weighted by atomic mass is 32.1. The third-order valence-electron chi connectivity index (χ3n) is 3.23. The number of ether oxygens (including phenoxy) is 1. The monoisotopic (exact) mass is 291 g/mol. The Bertz CT molecular complexity index is 626. The summed E-state index contributed by atoms with van der Waals surface area (Å²) in [6.07, 6.45) is 0.634. The quantitative estimate of drug-likeness (QED) is 0.892. The number of benzene rings is 1. The average molecular weight is 291 g/mol. The molecule has 0 bridgehead atoms. The van der Waals surface area contributed by atoms with Crippen LogP contribution in [0.15, 0.2) is 18.2 Å². The smallest absolute Gasteiger partial charge is 0.237 e. The minimum atomic E-state index is -0.171. The van der Waals surface area contributed by atoms with Gasteiger partial charge in [-0.2, -0.15) is 0 Å². The molecule has 0 aliphatic carbocycles. The van der Waals surface area contributed by atoms with Gasteiger partial charge in [0, 0.05) is 19.5 Å². The van der Waals surface area contributed by atoms with Crippen LogP contribution in [0.1, 0.15) is 11.9 Å². The van der Waals surface area contributed by atoms with Crippen LogP contribution in [0, 0.1) is 0 Å². The van der Waals surface area contributed by atoms with Gasteiger partial charge in [0.05, 0.1) is 27.9 Å². The largest absolute Gasteiger partial charge is 0.494 e. The SMILES string of the molecule is CCOc1ccc2nc(CC3NCCNC3=O)sc2c1. The lowest BCUT2D eigenvalue weighted by molar-refractivity contribution is -0.124. The van der Waals surface area contributed by atoms with Crippen molar-refractivity contribution in [1.29, 1.82) is 0 Å². The summed E-state index contributed by atoms with van der Waals surface area (Å²) >= 11 is 1.62. The van der Waals surface area contributed by atoms with Gasteiger partial charge in [-0.3, -0.25) is 4.79 Å². The number of aromatic nitrogens is 1. The maximum atomic E-state index is 11.7. The van der Waals surface area contributed by atoms with Gasteiger partial charge in [-0.1, -0.05) is 0 Å². The van der Waals surface area contributed by atoms with Crippen molar-refractivity contribution in [2.45, 2.75) is 19.4 Å². The first-order valence-corrected chi connectivity index (χ1v) is 7.61. The number of nitrogens with zero attached hydrogens (tertiary/aromatic N) is 1. The topological polar surface area (TPSA) is 63.2 Å². The number of hydrogen-bond acceptors (Lipinski definition) is 5. The zero-order chi connectivity index (χ0) is 13.9. The molecule has 1 aliphatic heterocycles. The Labute approximate surface area is 121 Å². The van der Waals surface area contributed by atoms with Gasteiger partial charge in [0.2, 0.25) is 5.91 Å². The van der Waals surface area contributed by atoms with Crippen LogP contribution in [0.25, 0.3) is 10.2 Å². The van der Waals surface area contributed by atoms with Crippen molar-refractivity contribution in [3.05, 3.63) is 23.2 Å². The Hall–Kier alpha value is -1.66. The molecule has 2 heterocycles. The van der Waals surface area contributed by atoms with Crippen molar-refractivity contribution < 1.29 is 9.53 Å². The zero-order valence-corrected chi connectivity index (χ0v) is 12.1. The summed E-state index contributed by atoms with van der Waals surface area (Å²) in [6.45, 7) is 4.14. The second kappa shape index (κ2) is 5.76. The number of rotatable bonds is 4. The fraction of sp³-hybridized carbons (Fsp3) is 0.429. The maximum absolute atomic E-state index is 11.7. The lowest BCUT2D eigenvalue weighted by Crippen LogP contribution is -2.53. The minimum absolute atomic E-state index is 0.0607. The summed E-state index contributed by atoms with van der Waals surface area (Å²) < 4.78 is 6.59. The van der Waals surface area contributed by atoms with Gasteiger partial charge in [-0.15, -0.1) is 11.3 Å². The molecule has 2 aromatic rings. The standard InChI is InChI=1S/C14H17N3O2S/c1-2-19-9-3-4-10-12(7-9)20-13(17-10)8-11-14(18)16-6-5-15-11/h3-4,7,11,15H,2,5-6,8H2,1H3,(H,16,18). The van der Waals surface area contributed by atoms with Crippen LogP contribution in [0.5, 0.6) is 5.75 Å². The number of hydrogen-bond donors (Lipinski definition) is 2. The number of fused-ring (bicyclic) bond motifs is 1. The van der Waals surface area contributed by atoms with Crippen molar-refractivity contribution in [2.24, 2.45) is 0 Å². The maximum Gasteiger partial charge on any atom is 0.237 e. The molecule has 1 saturated heterocycles. The molecule has 2 N–H and O–H groups in total. The van der Waals surface area contributed by atoms with Gasteiger partial charge in [0.15, 0.2) is 0 Å². The van der Waals surface area contributed by atoms with Gasteiger partial charge in [-0.25, -0.2) is 4.98 Å². The van der Waals surface area contributed by atoms with Crippen LogP contribution < -0.4 is 15.4 Å². The molecule has 1 amide bonds. The molecule has 3 rings (SSSR count). The number of piperazine rings is 1. The van der Waals surface area contributed by atoms with E-state index in [0.29, 0.717) is 19.6 Å². The average Bonchev–Trinajstić information content (AvgIpc) is 2.83. The van der Waals surface area contributed by atoms with E-state index in [1.165, 1.54) is 0 Å². The molecule has 0 saturated carbocycles. The molecule has 106 valence electrons. The highest BCUT2D eigenvalue weighted by Gasteiger charge is 2.22. The third-order valence-corrected chi connectivity index (χ3v) is 4.27. The molecule has 0 spiro atoms. The van der Waals surface area contributed by atoms with E-state index >= 15 is 0 Å². The molecule has 1 aliphatic rings. The number of nitrogens with one attached hydrogen (secondary N) is 2. The summed E-state index contributed by atoms with van der Waals surface area (Å²) in [5, 5.41) is 7.07. The highest BCUT2D eigenvalue weighted by Crippen LogP contribution is 2.27. The Kier molecular flexibility index (Phi) is 3.84. The van der Waals surface area contributed by atoms with E-state index in [1.54, 1.807) is 11.3 Å². The van der Waals surface area contributed by atoms with Crippen LogP contribution in [0.3, 0.4) is 0 Å². The van der Waals surface area contributed by atoms with E-state index < -0.39 is 0 Å². The zero-order valence-electron chi connectivity index (χ0n) is 11.3. The van der Waals surface area contributed by atoms with E-state index in [9.17, 15) is 4.79 Å². The first-order valence-electron chi connectivity index (χ1n) is 6.79. The lowest BCUT2D eigenvalue weighted by Gasteiger charge is -2.22. The van der Waals surface area contributed by atoms with Crippen molar-refractivity contribution in [2.75, 3.05) is 19.7 Å². The summed E-state index contributed by atoms with van der Waals surface area (Å²) in [6, 6.07) is 5.74. The molecular weight excluding hydrogens is 274 g/mol. The molecule has 6 heteroatoms. The fourth-order valence-corrected chi connectivity index (χ4v) is 3.33. The molecule has 5 nitrogen and oxygen atoms in total. The Morgan fingerprint density at radius 3 is 3.15 bits per heavy atom. The Morgan fingerprint density at radius 2 is 2.35 bits per heavy atom. The van der Waals surface area contributed by atoms with Crippen molar-refractivity contribution >= 4 is 27.5 Å². The molecule has 0 radical (unpaired) electrons. The van der Waals surface area contributed by atoms with Crippen LogP contribution in [-0.4, -0.2) is 36.6 Å². The first kappa shape index (κ1) is 13.3. The van der Waals surface area contributed by atoms with E-state index in [-0.39, 0.29) is 11.9 Å². The van der Waals surface area contributed by atoms with Gasteiger partial charge in [-0.05, 0) is 25.1 Å². The van der Waals surface area contributed by atoms with Crippen molar-refractivity contribution in [1.82, 2.24) is 15.6 Å². The highest BCUT2D eigenvalue weighted by molar-refractivity contribution is 7.18. The second-order valence-electron chi connectivity index (χ2n) is 4.67. The summed E-state index contributed by atoms with van der Waals surface area (Å²) in [5.74, 6) is 0.925. The van der Waals surface area contributed by atoms with Crippen LogP contribution >= 0.6 is 11.3 Å². The third kappa shape index (κ3) is 2.76. The second-order valence-corrected chi connectivity index (χ2v) is 5.79. The first-order chi connectivity index (χ1) is 9.76. The van der Waals surface area contributed by atoms with Crippen LogP contribution in [0.4, 0.5) is 0 Å². The Balaban J connectivity index is 1.79. The van der Waals surface area contributed by atoms with Gasteiger partial charge in [0.1, 0.15) is 5.75 Å². The molecule has 20 heavy (non-hydrogen) atoms. The number of carbonyl (C=O) groups excluding carboxylic acids is 1. The van der Waals surface area contributed by atoms with Crippen LogP contribution in [0.2, 0.25) is 0 Å². The lowest BCUT2D eigenvalue weighted by atomic mass is 10.1. The van der Waals surface area contributed by atoms with Crippen LogP contribution in [-0.2, 0) is 11.2 Å². The fourth-order valence-electron chi connectivity index (χ4n) is 2.28. The minimum Gasteiger partial charge on any atom is -0.494 e. The molecule has 1 atom stereocenters. The molecule has 1 aromatic carbocycles. The van der Waals surface area contributed by atoms with Gasteiger partial charge in [0.25, 0.3) is 0 Å². The summed E-state index contributed by atoms with van der Waals surface area (Å²) in [7, 11) is 0. The van der Waals surface area contributed by atoms with Crippen molar-refractivity contribution in [3.8, 4) is 5.75 Å². The summed E-state index contributed by atoms with van der Waals surface area (Å²) in [5.41, 5.74) is 0.963. The molecule has 1 aromatic heterocycles. The van der Waals surface area contributed by atoms with E-state index in [4.69, 9.17) is 4.74 Å². The Morgan fingerprint density at radius 1 is 1.45 bits per heavy atom. The van der Waals surface area contributed by atoms with E-state index in [1.807, 2.05) is 25.1 Å². The normalized spacial score (nSPS) is 19.1. The predicted octanol–water partition coefficient (Wildman–Crippen LogP) is 1.33. The molecular formula is C14H17N3O2S. The predicted molar refractivity (Wildman–Crippen MR) is 79.3 cm³/mol. The molecule has 1 fully saturated rings. The van der Waals surface area contributed by atoms with E-state index in [0.717, 1.165) is 27.5 Å². The van der Waals surface area contributed by atoms with Gasteiger partial charge >= 0.3 is 0 Å².